The van der Waals surface area contributed by atoms with E-state index in [1.165, 1.54) is 5.56 Å². The Morgan fingerprint density at radius 3 is 2.65 bits per heavy atom. The predicted octanol–water partition coefficient (Wildman–Crippen LogP) is 3.55. The molecule has 0 bridgehead atoms. The van der Waals surface area contributed by atoms with E-state index in [1.54, 1.807) is 12.0 Å². The molecule has 1 amide bonds. The summed E-state index contributed by atoms with van der Waals surface area (Å²) in [5.74, 6) is 0.821. The molecule has 1 atom stereocenters. The zero-order valence-electron chi connectivity index (χ0n) is 12.9. The number of fused-ring (bicyclic) bond motifs is 1. The number of amides is 1. The van der Waals surface area contributed by atoms with Crippen LogP contribution in [0.15, 0.2) is 18.2 Å². The Morgan fingerprint density at radius 2 is 2.05 bits per heavy atom. The van der Waals surface area contributed by atoms with Crippen LogP contribution in [-0.2, 0) is 11.2 Å². The van der Waals surface area contributed by atoms with E-state index in [-0.39, 0.29) is 12.1 Å². The Bertz CT molecular complexity index is 505. The second kappa shape index (κ2) is 5.35. The first-order chi connectivity index (χ1) is 9.31. The highest BCUT2D eigenvalue weighted by Gasteiger charge is 2.31. The Morgan fingerprint density at radius 1 is 1.35 bits per heavy atom. The zero-order chi connectivity index (χ0) is 14.9. The summed E-state index contributed by atoms with van der Waals surface area (Å²) in [6, 6.07) is 6.06. The van der Waals surface area contributed by atoms with Crippen molar-refractivity contribution in [2.24, 2.45) is 0 Å². The van der Waals surface area contributed by atoms with E-state index in [2.05, 4.69) is 6.07 Å². The first-order valence-corrected chi connectivity index (χ1v) is 6.98. The molecule has 4 nitrogen and oxygen atoms in total. The van der Waals surface area contributed by atoms with Crippen LogP contribution in [0.25, 0.3) is 0 Å². The first kappa shape index (κ1) is 14.7. The highest BCUT2D eigenvalue weighted by molar-refractivity contribution is 5.69. The molecule has 0 N–H and O–H groups in total. The molecule has 1 heterocycles. The molecule has 0 saturated carbocycles. The number of nitrogens with zero attached hydrogens (tertiary/aromatic N) is 1. The molecule has 1 aliphatic heterocycles. The van der Waals surface area contributed by atoms with Gasteiger partial charge in [0.1, 0.15) is 11.4 Å². The van der Waals surface area contributed by atoms with Gasteiger partial charge in [-0.05, 0) is 57.4 Å². The van der Waals surface area contributed by atoms with E-state index in [9.17, 15) is 4.79 Å². The molecule has 1 aliphatic rings. The minimum Gasteiger partial charge on any atom is -0.497 e. The smallest absolute Gasteiger partial charge is 0.410 e. The topological polar surface area (TPSA) is 38.8 Å². The zero-order valence-corrected chi connectivity index (χ0v) is 12.9. The fourth-order valence-corrected chi connectivity index (χ4v) is 2.49. The SMILES string of the molecule is COc1ccc2c(c1)C(C)N(C(=O)OC(C)(C)C)CC2. The number of carbonyl (C=O) groups is 1. The fourth-order valence-electron chi connectivity index (χ4n) is 2.49. The normalized spacial score (nSPS) is 18.4. The van der Waals surface area contributed by atoms with Crippen molar-refractivity contribution < 1.29 is 14.3 Å². The van der Waals surface area contributed by atoms with Crippen LogP contribution in [-0.4, -0.2) is 30.2 Å². The molecule has 20 heavy (non-hydrogen) atoms. The van der Waals surface area contributed by atoms with Gasteiger partial charge < -0.3 is 14.4 Å². The summed E-state index contributed by atoms with van der Waals surface area (Å²) >= 11 is 0. The number of ether oxygens (including phenoxy) is 2. The molecule has 0 fully saturated rings. The molecule has 0 aliphatic carbocycles. The van der Waals surface area contributed by atoms with Crippen LogP contribution in [0, 0.1) is 0 Å². The average Bonchev–Trinajstić information content (AvgIpc) is 2.36. The summed E-state index contributed by atoms with van der Waals surface area (Å²) in [7, 11) is 1.65. The molecule has 1 aromatic carbocycles. The third kappa shape index (κ3) is 3.06. The number of rotatable bonds is 1. The lowest BCUT2D eigenvalue weighted by atomic mass is 9.93. The average molecular weight is 277 g/mol. The molecule has 4 heteroatoms. The van der Waals surface area contributed by atoms with Crippen LogP contribution in [0.2, 0.25) is 0 Å². The van der Waals surface area contributed by atoms with E-state index in [1.807, 2.05) is 39.8 Å². The molecular weight excluding hydrogens is 254 g/mol. The maximum absolute atomic E-state index is 12.3. The Kier molecular flexibility index (Phi) is 3.93. The largest absolute Gasteiger partial charge is 0.497 e. The number of methoxy groups -OCH3 is 1. The Labute approximate surface area is 120 Å². The molecule has 110 valence electrons. The third-order valence-electron chi connectivity index (χ3n) is 3.52. The van der Waals surface area contributed by atoms with Crippen LogP contribution < -0.4 is 4.74 Å². The van der Waals surface area contributed by atoms with E-state index in [0.29, 0.717) is 6.54 Å². The first-order valence-electron chi connectivity index (χ1n) is 6.98. The van der Waals surface area contributed by atoms with E-state index < -0.39 is 5.60 Å². The molecular formula is C16H23NO3. The van der Waals surface area contributed by atoms with Crippen LogP contribution >= 0.6 is 0 Å². The van der Waals surface area contributed by atoms with Crippen molar-refractivity contribution in [3.05, 3.63) is 29.3 Å². The summed E-state index contributed by atoms with van der Waals surface area (Å²) in [5.41, 5.74) is 1.95. The Hall–Kier alpha value is -1.71. The van der Waals surface area contributed by atoms with Gasteiger partial charge in [-0.25, -0.2) is 4.79 Å². The summed E-state index contributed by atoms with van der Waals surface area (Å²) < 4.78 is 10.7. The van der Waals surface area contributed by atoms with E-state index in [4.69, 9.17) is 9.47 Å². The van der Waals surface area contributed by atoms with Crippen LogP contribution in [0.1, 0.15) is 44.9 Å². The summed E-state index contributed by atoms with van der Waals surface area (Å²) in [6.07, 6.45) is 0.599. The van der Waals surface area contributed by atoms with Gasteiger partial charge in [-0.1, -0.05) is 6.07 Å². The summed E-state index contributed by atoms with van der Waals surface area (Å²) in [4.78, 5) is 14.0. The van der Waals surface area contributed by atoms with Crippen LogP contribution in [0.4, 0.5) is 4.79 Å². The quantitative estimate of drug-likeness (QED) is 0.788. The van der Waals surface area contributed by atoms with Crippen molar-refractivity contribution in [1.82, 2.24) is 4.90 Å². The molecule has 0 radical (unpaired) electrons. The van der Waals surface area contributed by atoms with Gasteiger partial charge in [0.15, 0.2) is 0 Å². The minimum atomic E-state index is -0.467. The molecule has 0 spiro atoms. The van der Waals surface area contributed by atoms with Gasteiger partial charge in [0.2, 0.25) is 0 Å². The van der Waals surface area contributed by atoms with E-state index in [0.717, 1.165) is 17.7 Å². The van der Waals surface area contributed by atoms with Crippen molar-refractivity contribution in [2.75, 3.05) is 13.7 Å². The maximum atomic E-state index is 12.3. The second-order valence-corrected chi connectivity index (χ2v) is 6.16. The van der Waals surface area contributed by atoms with Gasteiger partial charge in [0, 0.05) is 6.54 Å². The van der Waals surface area contributed by atoms with Gasteiger partial charge in [-0.15, -0.1) is 0 Å². The number of carbonyl (C=O) groups excluding carboxylic acids is 1. The van der Waals surface area contributed by atoms with E-state index >= 15 is 0 Å². The molecule has 1 aromatic rings. The predicted molar refractivity (Wildman–Crippen MR) is 78.1 cm³/mol. The number of hydrogen-bond acceptors (Lipinski definition) is 3. The molecule has 1 unspecified atom stereocenters. The highest BCUT2D eigenvalue weighted by atomic mass is 16.6. The molecule has 2 rings (SSSR count). The van der Waals surface area contributed by atoms with Gasteiger partial charge >= 0.3 is 6.09 Å². The van der Waals surface area contributed by atoms with Gasteiger partial charge in [0.25, 0.3) is 0 Å². The summed E-state index contributed by atoms with van der Waals surface area (Å²) in [6.45, 7) is 8.38. The molecule has 0 saturated heterocycles. The van der Waals surface area contributed by atoms with Crippen molar-refractivity contribution in [3.8, 4) is 5.75 Å². The van der Waals surface area contributed by atoms with Crippen LogP contribution in [0.5, 0.6) is 5.75 Å². The van der Waals surface area contributed by atoms with Gasteiger partial charge in [-0.2, -0.15) is 0 Å². The lowest BCUT2D eigenvalue weighted by Gasteiger charge is -2.36. The van der Waals surface area contributed by atoms with Crippen molar-refractivity contribution in [2.45, 2.75) is 45.8 Å². The Balaban J connectivity index is 2.22. The van der Waals surface area contributed by atoms with Crippen molar-refractivity contribution in [3.63, 3.8) is 0 Å². The number of hydrogen-bond donors (Lipinski definition) is 0. The van der Waals surface area contributed by atoms with Crippen molar-refractivity contribution in [1.29, 1.82) is 0 Å². The highest BCUT2D eigenvalue weighted by Crippen LogP contribution is 2.32. The lowest BCUT2D eigenvalue weighted by Crippen LogP contribution is -2.42. The lowest BCUT2D eigenvalue weighted by molar-refractivity contribution is 0.0159. The third-order valence-corrected chi connectivity index (χ3v) is 3.52. The van der Waals surface area contributed by atoms with Gasteiger partial charge in [-0.3, -0.25) is 0 Å². The van der Waals surface area contributed by atoms with Crippen molar-refractivity contribution >= 4 is 6.09 Å². The second-order valence-electron chi connectivity index (χ2n) is 6.16. The summed E-state index contributed by atoms with van der Waals surface area (Å²) in [5, 5.41) is 0. The minimum absolute atomic E-state index is 0.00343. The fraction of sp³-hybridized carbons (Fsp3) is 0.562. The standard InChI is InChI=1S/C16H23NO3/c1-11-14-10-13(19-5)7-6-12(14)8-9-17(11)15(18)20-16(2,3)4/h6-7,10-11H,8-9H2,1-5H3. The monoisotopic (exact) mass is 277 g/mol. The van der Waals surface area contributed by atoms with Crippen LogP contribution in [0.3, 0.4) is 0 Å². The number of benzene rings is 1. The molecule has 0 aromatic heterocycles. The van der Waals surface area contributed by atoms with Gasteiger partial charge in [0.05, 0.1) is 13.2 Å². The maximum Gasteiger partial charge on any atom is 0.410 e.